The second-order valence-corrected chi connectivity index (χ2v) is 5.06. The molecule has 0 saturated carbocycles. The fourth-order valence-electron chi connectivity index (χ4n) is 2.83. The van der Waals surface area contributed by atoms with Gasteiger partial charge in [-0.2, -0.15) is 5.26 Å². The summed E-state index contributed by atoms with van der Waals surface area (Å²) in [7, 11) is 2.00. The molecule has 3 nitrogen and oxygen atoms in total. The van der Waals surface area contributed by atoms with E-state index in [0.29, 0.717) is 0 Å². The molecular weight excluding hydrogens is 234 g/mol. The first-order chi connectivity index (χ1) is 9.29. The van der Waals surface area contributed by atoms with Crippen molar-refractivity contribution in [1.82, 2.24) is 9.47 Å². The van der Waals surface area contributed by atoms with Crippen molar-refractivity contribution in [3.05, 3.63) is 59.4 Å². The number of hydrogen-bond donors (Lipinski definition) is 0. The van der Waals surface area contributed by atoms with Gasteiger partial charge in [0, 0.05) is 32.0 Å². The van der Waals surface area contributed by atoms with Gasteiger partial charge in [0.25, 0.3) is 0 Å². The van der Waals surface area contributed by atoms with Gasteiger partial charge in [-0.3, -0.25) is 4.90 Å². The van der Waals surface area contributed by atoms with Gasteiger partial charge in [-0.1, -0.05) is 24.3 Å². The Morgan fingerprint density at radius 3 is 2.63 bits per heavy atom. The van der Waals surface area contributed by atoms with Crippen molar-refractivity contribution in [3.8, 4) is 6.07 Å². The molecule has 0 N–H and O–H groups in total. The van der Waals surface area contributed by atoms with E-state index in [1.165, 1.54) is 11.1 Å². The molecule has 2 aromatic rings. The first-order valence-electron chi connectivity index (χ1n) is 6.61. The van der Waals surface area contributed by atoms with Gasteiger partial charge in [0.05, 0.1) is 6.07 Å². The fourth-order valence-corrected chi connectivity index (χ4v) is 2.83. The largest absolute Gasteiger partial charge is 0.352 e. The number of aryl methyl sites for hydroxylation is 1. The molecule has 0 saturated heterocycles. The minimum Gasteiger partial charge on any atom is -0.352 e. The van der Waals surface area contributed by atoms with Crippen LogP contribution in [0.4, 0.5) is 0 Å². The van der Waals surface area contributed by atoms with Crippen LogP contribution < -0.4 is 0 Å². The van der Waals surface area contributed by atoms with Crippen LogP contribution in [0.5, 0.6) is 0 Å². The summed E-state index contributed by atoms with van der Waals surface area (Å²) in [5.74, 6) is 0. The number of nitriles is 1. The van der Waals surface area contributed by atoms with Gasteiger partial charge in [0.1, 0.15) is 6.04 Å². The summed E-state index contributed by atoms with van der Waals surface area (Å²) in [5, 5.41) is 9.52. The smallest absolute Gasteiger partial charge is 0.139 e. The Bertz CT molecular complexity index is 621. The van der Waals surface area contributed by atoms with Crippen molar-refractivity contribution in [3.63, 3.8) is 0 Å². The van der Waals surface area contributed by atoms with Gasteiger partial charge in [-0.15, -0.1) is 0 Å². The second kappa shape index (κ2) is 4.91. The molecule has 0 fully saturated rings. The van der Waals surface area contributed by atoms with Crippen LogP contribution in [0, 0.1) is 11.3 Å². The van der Waals surface area contributed by atoms with Crippen LogP contribution in [0.15, 0.2) is 42.6 Å². The third kappa shape index (κ3) is 2.16. The Labute approximate surface area is 113 Å². The SMILES string of the molecule is Cn1cccc1C(C#N)N1CCc2ccccc2C1. The van der Waals surface area contributed by atoms with Gasteiger partial charge in [0.15, 0.2) is 0 Å². The average molecular weight is 251 g/mol. The molecule has 3 rings (SSSR count). The quantitative estimate of drug-likeness (QED) is 0.822. The van der Waals surface area contributed by atoms with Gasteiger partial charge < -0.3 is 4.57 Å². The molecule has 2 heterocycles. The molecule has 1 aromatic heterocycles. The Hall–Kier alpha value is -2.05. The van der Waals surface area contributed by atoms with Crippen molar-refractivity contribution in [2.24, 2.45) is 7.05 Å². The molecule has 0 bridgehead atoms. The number of fused-ring (bicyclic) bond motifs is 1. The van der Waals surface area contributed by atoms with Crippen LogP contribution in [-0.2, 0) is 20.0 Å². The van der Waals surface area contributed by atoms with Crippen LogP contribution in [0.3, 0.4) is 0 Å². The van der Waals surface area contributed by atoms with Crippen LogP contribution in [0.1, 0.15) is 22.9 Å². The van der Waals surface area contributed by atoms with Gasteiger partial charge in [-0.05, 0) is 29.7 Å². The van der Waals surface area contributed by atoms with E-state index >= 15 is 0 Å². The number of hydrogen-bond acceptors (Lipinski definition) is 2. The molecule has 3 heteroatoms. The highest BCUT2D eigenvalue weighted by atomic mass is 15.2. The molecule has 0 spiro atoms. The van der Waals surface area contributed by atoms with E-state index < -0.39 is 0 Å². The lowest BCUT2D eigenvalue weighted by molar-refractivity contribution is 0.211. The molecular formula is C16H17N3. The zero-order valence-corrected chi connectivity index (χ0v) is 11.1. The maximum atomic E-state index is 9.52. The molecule has 1 atom stereocenters. The number of benzene rings is 1. The molecule has 96 valence electrons. The lowest BCUT2D eigenvalue weighted by Gasteiger charge is -2.32. The molecule has 1 aromatic carbocycles. The predicted molar refractivity (Wildman–Crippen MR) is 74.3 cm³/mol. The Kier molecular flexibility index (Phi) is 3.10. The third-order valence-electron chi connectivity index (χ3n) is 3.91. The monoisotopic (exact) mass is 251 g/mol. The van der Waals surface area contributed by atoms with Crippen molar-refractivity contribution in [2.75, 3.05) is 6.54 Å². The fraction of sp³-hybridized carbons (Fsp3) is 0.312. The van der Waals surface area contributed by atoms with E-state index in [2.05, 4.69) is 35.2 Å². The van der Waals surface area contributed by atoms with E-state index in [4.69, 9.17) is 0 Å². The summed E-state index contributed by atoms with van der Waals surface area (Å²) in [6, 6.07) is 14.9. The normalized spacial score (nSPS) is 16.6. The first-order valence-corrected chi connectivity index (χ1v) is 6.61. The number of aromatic nitrogens is 1. The van der Waals surface area contributed by atoms with Crippen molar-refractivity contribution in [1.29, 1.82) is 5.26 Å². The van der Waals surface area contributed by atoms with Crippen molar-refractivity contribution in [2.45, 2.75) is 19.0 Å². The third-order valence-corrected chi connectivity index (χ3v) is 3.91. The first kappa shape index (κ1) is 12.0. The lowest BCUT2D eigenvalue weighted by atomic mass is 9.98. The van der Waals surface area contributed by atoms with Crippen molar-refractivity contribution < 1.29 is 0 Å². The highest BCUT2D eigenvalue weighted by Crippen LogP contribution is 2.27. The van der Waals surface area contributed by atoms with E-state index in [1.54, 1.807) is 0 Å². The summed E-state index contributed by atoms with van der Waals surface area (Å²) in [6.45, 7) is 1.81. The Morgan fingerprint density at radius 1 is 1.16 bits per heavy atom. The van der Waals surface area contributed by atoms with E-state index in [1.807, 2.05) is 29.9 Å². The van der Waals surface area contributed by atoms with Gasteiger partial charge in [0.2, 0.25) is 0 Å². The van der Waals surface area contributed by atoms with E-state index in [9.17, 15) is 5.26 Å². The average Bonchev–Trinajstić information content (AvgIpc) is 2.86. The maximum Gasteiger partial charge on any atom is 0.139 e. The topological polar surface area (TPSA) is 32.0 Å². The van der Waals surface area contributed by atoms with Crippen molar-refractivity contribution >= 4 is 0 Å². The molecule has 0 amide bonds. The zero-order chi connectivity index (χ0) is 13.2. The summed E-state index contributed by atoms with van der Waals surface area (Å²) < 4.78 is 2.04. The van der Waals surface area contributed by atoms with Crippen LogP contribution in [0.2, 0.25) is 0 Å². The summed E-state index contributed by atoms with van der Waals surface area (Å²) in [6.07, 6.45) is 3.02. The maximum absolute atomic E-state index is 9.52. The highest BCUT2D eigenvalue weighted by molar-refractivity contribution is 5.30. The van der Waals surface area contributed by atoms with E-state index in [-0.39, 0.29) is 6.04 Å². The van der Waals surface area contributed by atoms with Crippen LogP contribution in [0.25, 0.3) is 0 Å². The van der Waals surface area contributed by atoms with Crippen LogP contribution in [-0.4, -0.2) is 16.0 Å². The molecule has 1 unspecified atom stereocenters. The Morgan fingerprint density at radius 2 is 1.95 bits per heavy atom. The summed E-state index contributed by atoms with van der Waals surface area (Å²) in [5.41, 5.74) is 3.84. The van der Waals surface area contributed by atoms with E-state index in [0.717, 1.165) is 25.2 Å². The minimum absolute atomic E-state index is 0.159. The summed E-state index contributed by atoms with van der Waals surface area (Å²) >= 11 is 0. The van der Waals surface area contributed by atoms with Gasteiger partial charge >= 0.3 is 0 Å². The van der Waals surface area contributed by atoms with Gasteiger partial charge in [-0.25, -0.2) is 0 Å². The molecule has 0 aliphatic carbocycles. The predicted octanol–water partition coefficient (Wildman–Crippen LogP) is 2.65. The summed E-state index contributed by atoms with van der Waals surface area (Å²) in [4.78, 5) is 2.26. The zero-order valence-electron chi connectivity index (χ0n) is 11.1. The second-order valence-electron chi connectivity index (χ2n) is 5.06. The highest BCUT2D eigenvalue weighted by Gasteiger charge is 2.25. The standard InChI is InChI=1S/C16H17N3/c1-18-9-4-7-15(18)16(11-17)19-10-8-13-5-2-3-6-14(13)12-19/h2-7,9,16H,8,10,12H2,1H3. The molecule has 19 heavy (non-hydrogen) atoms. The minimum atomic E-state index is -0.159. The number of nitrogens with zero attached hydrogens (tertiary/aromatic N) is 3. The molecule has 0 radical (unpaired) electrons. The molecule has 1 aliphatic heterocycles. The van der Waals surface area contributed by atoms with Crippen LogP contribution >= 0.6 is 0 Å². The Balaban J connectivity index is 1.88. The lowest BCUT2D eigenvalue weighted by Crippen LogP contribution is -2.34. The number of rotatable bonds is 2. The molecule has 1 aliphatic rings.